The van der Waals surface area contributed by atoms with E-state index in [9.17, 15) is 27.6 Å². The molecule has 0 aliphatic rings. The number of aromatic nitrogens is 1. The summed E-state index contributed by atoms with van der Waals surface area (Å²) in [7, 11) is 0. The number of Topliss-reactive ketones (excluding diaryl/α,β-unsaturated/α-hetero) is 1. The molecule has 6 nitrogen and oxygen atoms in total. The lowest BCUT2D eigenvalue weighted by Gasteiger charge is -2.19. The van der Waals surface area contributed by atoms with Gasteiger partial charge in [0.25, 0.3) is 0 Å². The number of hydrogen-bond donors (Lipinski definition) is 3. The molecular weight excluding hydrogens is 483 g/mol. The maximum atomic E-state index is 12.9. The molecule has 198 valence electrons. The third kappa shape index (κ3) is 8.77. The maximum Gasteiger partial charge on any atom is 0.397 e. The molecule has 3 aromatic rings. The van der Waals surface area contributed by atoms with Crippen molar-refractivity contribution in [2.45, 2.75) is 64.1 Å². The largest absolute Gasteiger partial charge is 0.397 e. The van der Waals surface area contributed by atoms with Crippen LogP contribution in [0.15, 0.2) is 54.6 Å². The van der Waals surface area contributed by atoms with Gasteiger partial charge < -0.3 is 20.4 Å². The van der Waals surface area contributed by atoms with E-state index in [1.54, 1.807) is 0 Å². The number of unbranched alkanes of at least 4 members (excludes halogenated alkanes) is 2. The molecule has 0 saturated carbocycles. The second-order valence-corrected chi connectivity index (χ2v) is 9.14. The lowest BCUT2D eigenvalue weighted by molar-refractivity contribution is -0.155. The number of para-hydroxylation sites is 1. The summed E-state index contributed by atoms with van der Waals surface area (Å²) >= 11 is 0. The molecule has 0 saturated heterocycles. The van der Waals surface area contributed by atoms with Gasteiger partial charge in [-0.15, -0.1) is 0 Å². The van der Waals surface area contributed by atoms with Crippen LogP contribution in [0.4, 0.5) is 13.2 Å². The Morgan fingerprint density at radius 3 is 2.35 bits per heavy atom. The number of carbonyl (C=O) groups excluding carboxylic acids is 3. The highest BCUT2D eigenvalue weighted by molar-refractivity contribution is 5.91. The van der Waals surface area contributed by atoms with Crippen molar-refractivity contribution in [1.29, 1.82) is 0 Å². The molecule has 0 aliphatic carbocycles. The van der Waals surface area contributed by atoms with Gasteiger partial charge in [-0.05, 0) is 43.4 Å². The highest BCUT2D eigenvalue weighted by Gasteiger charge is 2.33. The molecule has 9 heteroatoms. The predicted octanol–water partition coefficient (Wildman–Crippen LogP) is 5.47. The number of halogens is 3. The first-order valence-electron chi connectivity index (χ1n) is 12.4. The Labute approximate surface area is 214 Å². The summed E-state index contributed by atoms with van der Waals surface area (Å²) in [4.78, 5) is 39.3. The minimum Gasteiger partial charge on any atom is -0.354 e. The quantitative estimate of drug-likeness (QED) is 0.264. The Kier molecular flexibility index (Phi) is 9.88. The van der Waals surface area contributed by atoms with Crippen LogP contribution in [0.3, 0.4) is 0 Å². The number of alkyl halides is 3. The molecule has 37 heavy (non-hydrogen) atoms. The Morgan fingerprint density at radius 1 is 0.946 bits per heavy atom. The van der Waals surface area contributed by atoms with Crippen LogP contribution in [0.1, 0.15) is 51.0 Å². The van der Waals surface area contributed by atoms with Gasteiger partial charge in [-0.2, -0.15) is 13.2 Å². The normalized spacial score (nSPS) is 12.3. The van der Waals surface area contributed by atoms with Gasteiger partial charge in [0.1, 0.15) is 18.2 Å². The maximum absolute atomic E-state index is 12.9. The molecule has 0 aliphatic heterocycles. The van der Waals surface area contributed by atoms with Crippen LogP contribution in [-0.2, 0) is 20.8 Å². The van der Waals surface area contributed by atoms with E-state index in [0.29, 0.717) is 32.1 Å². The third-order valence-corrected chi connectivity index (χ3v) is 6.08. The topological polar surface area (TPSA) is 91.1 Å². The van der Waals surface area contributed by atoms with Crippen molar-refractivity contribution in [1.82, 2.24) is 15.6 Å². The van der Waals surface area contributed by atoms with E-state index in [4.69, 9.17) is 0 Å². The molecule has 0 spiro atoms. The van der Waals surface area contributed by atoms with Crippen LogP contribution < -0.4 is 10.6 Å². The van der Waals surface area contributed by atoms with E-state index in [0.717, 1.165) is 27.7 Å². The van der Waals surface area contributed by atoms with Gasteiger partial charge in [0, 0.05) is 29.6 Å². The van der Waals surface area contributed by atoms with Crippen molar-refractivity contribution in [3.05, 3.63) is 60.2 Å². The van der Waals surface area contributed by atoms with E-state index in [2.05, 4.69) is 15.6 Å². The molecule has 3 rings (SSSR count). The molecular formula is C28H32F3N3O3. The average molecular weight is 516 g/mol. The molecule has 2 amide bonds. The molecule has 1 aromatic heterocycles. The first-order valence-corrected chi connectivity index (χ1v) is 12.4. The summed E-state index contributed by atoms with van der Waals surface area (Å²) < 4.78 is 38.0. The van der Waals surface area contributed by atoms with Gasteiger partial charge in [0.05, 0.1) is 0 Å². The second kappa shape index (κ2) is 13.1. The summed E-state index contributed by atoms with van der Waals surface area (Å²) in [6, 6.07) is 16.6. The van der Waals surface area contributed by atoms with E-state index in [-0.39, 0.29) is 18.7 Å². The number of H-pyrrole nitrogens is 1. The van der Waals surface area contributed by atoms with Crippen molar-refractivity contribution in [2.24, 2.45) is 0 Å². The lowest BCUT2D eigenvalue weighted by Crippen LogP contribution is -2.48. The number of ketones is 1. The number of benzene rings is 2. The zero-order valence-corrected chi connectivity index (χ0v) is 20.8. The van der Waals surface area contributed by atoms with Gasteiger partial charge in [0.2, 0.25) is 11.8 Å². The first-order chi connectivity index (χ1) is 17.6. The van der Waals surface area contributed by atoms with Gasteiger partial charge in [-0.25, -0.2) is 0 Å². The number of aromatic amines is 1. The Morgan fingerprint density at radius 2 is 1.65 bits per heavy atom. The Balaban J connectivity index is 1.66. The zero-order valence-electron chi connectivity index (χ0n) is 20.8. The minimum atomic E-state index is -4.66. The smallest absolute Gasteiger partial charge is 0.354 e. The van der Waals surface area contributed by atoms with Crippen molar-refractivity contribution < 1.29 is 27.6 Å². The monoisotopic (exact) mass is 515 g/mol. The number of rotatable bonds is 13. The van der Waals surface area contributed by atoms with Crippen LogP contribution in [-0.4, -0.2) is 41.3 Å². The van der Waals surface area contributed by atoms with E-state index in [1.165, 1.54) is 6.92 Å². The van der Waals surface area contributed by atoms with E-state index >= 15 is 0 Å². The first kappa shape index (κ1) is 28.0. The van der Waals surface area contributed by atoms with Gasteiger partial charge in [-0.1, -0.05) is 61.4 Å². The highest BCUT2D eigenvalue weighted by Crippen LogP contribution is 2.30. The van der Waals surface area contributed by atoms with Crippen LogP contribution in [0.5, 0.6) is 0 Å². The fourth-order valence-electron chi connectivity index (χ4n) is 4.34. The van der Waals surface area contributed by atoms with Crippen LogP contribution in [0.25, 0.3) is 22.2 Å². The SMILES string of the molecule is CC(=O)CCCCC[C@H](NC(=O)CC(F)(F)F)C(=O)NCCc1c(-c2ccccc2)[nH]c2ccccc12. The minimum absolute atomic E-state index is 0.0555. The van der Waals surface area contributed by atoms with Crippen molar-refractivity contribution in [3.8, 4) is 11.3 Å². The fourth-order valence-corrected chi connectivity index (χ4v) is 4.34. The second-order valence-electron chi connectivity index (χ2n) is 9.14. The Hall–Kier alpha value is -3.62. The average Bonchev–Trinajstić information content (AvgIpc) is 3.21. The molecule has 0 fully saturated rings. The molecule has 2 aromatic carbocycles. The third-order valence-electron chi connectivity index (χ3n) is 6.08. The molecule has 1 atom stereocenters. The van der Waals surface area contributed by atoms with Crippen LogP contribution >= 0.6 is 0 Å². The fraction of sp³-hybridized carbons (Fsp3) is 0.393. The number of amides is 2. The van der Waals surface area contributed by atoms with E-state index < -0.39 is 30.5 Å². The Bertz CT molecular complexity index is 1210. The summed E-state index contributed by atoms with van der Waals surface area (Å²) in [5, 5.41) is 6.05. The standard InChI is InChI=1S/C28H32F3N3O3/c1-19(35)10-4-2-7-15-24(33-25(36)18-28(29,30)31)27(37)32-17-16-22-21-13-8-9-14-23(21)34-26(22)20-11-5-3-6-12-20/h3,5-6,8-9,11-14,24,34H,2,4,7,10,15-18H2,1H3,(H,32,37)(H,33,36)/t24-/m0/s1. The highest BCUT2D eigenvalue weighted by atomic mass is 19.4. The number of fused-ring (bicyclic) bond motifs is 1. The van der Waals surface area contributed by atoms with Crippen LogP contribution in [0.2, 0.25) is 0 Å². The molecule has 3 N–H and O–H groups in total. The van der Waals surface area contributed by atoms with Crippen molar-refractivity contribution in [2.75, 3.05) is 6.54 Å². The molecule has 1 heterocycles. The van der Waals surface area contributed by atoms with Gasteiger partial charge in [-0.3, -0.25) is 9.59 Å². The number of carbonyl (C=O) groups is 3. The van der Waals surface area contributed by atoms with Gasteiger partial charge in [0.15, 0.2) is 0 Å². The lowest BCUT2D eigenvalue weighted by atomic mass is 10.0. The number of hydrogen-bond acceptors (Lipinski definition) is 3. The van der Waals surface area contributed by atoms with Gasteiger partial charge >= 0.3 is 6.18 Å². The summed E-state index contributed by atoms with van der Waals surface area (Å²) in [5.74, 6) is -1.71. The number of nitrogens with one attached hydrogen (secondary N) is 3. The summed E-state index contributed by atoms with van der Waals surface area (Å²) in [6.45, 7) is 1.74. The molecule has 0 bridgehead atoms. The predicted molar refractivity (Wildman–Crippen MR) is 137 cm³/mol. The summed E-state index contributed by atoms with van der Waals surface area (Å²) in [6.07, 6.45) is -3.45. The van der Waals surface area contributed by atoms with Crippen LogP contribution in [0, 0.1) is 0 Å². The summed E-state index contributed by atoms with van der Waals surface area (Å²) in [5.41, 5.74) is 3.92. The van der Waals surface area contributed by atoms with Crippen molar-refractivity contribution in [3.63, 3.8) is 0 Å². The zero-order chi connectivity index (χ0) is 26.8. The molecule has 0 unspecified atom stereocenters. The molecule has 0 radical (unpaired) electrons. The van der Waals surface area contributed by atoms with Crippen molar-refractivity contribution >= 4 is 28.5 Å². The van der Waals surface area contributed by atoms with E-state index in [1.807, 2.05) is 54.6 Å².